The molecule has 0 saturated carbocycles. The number of halogens is 1. The zero-order valence-electron chi connectivity index (χ0n) is 7.56. The predicted molar refractivity (Wildman–Crippen MR) is 60.7 cm³/mol. The average molecular weight is 272 g/mol. The standard InChI is InChI=1S/C9H10BrN3S/c10-5-9-6-13(12-11-9)3-1-8-2-4-14-7-8/h2,4,6-7H,1,3,5H2. The largest absolute Gasteiger partial charge is 0.252 e. The Balaban J connectivity index is 1.92. The minimum absolute atomic E-state index is 0.769. The van der Waals surface area contributed by atoms with E-state index in [0.717, 1.165) is 24.0 Å². The van der Waals surface area contributed by atoms with Crippen LogP contribution in [0.25, 0.3) is 0 Å². The summed E-state index contributed by atoms with van der Waals surface area (Å²) in [7, 11) is 0. The maximum absolute atomic E-state index is 4.03. The van der Waals surface area contributed by atoms with E-state index >= 15 is 0 Å². The van der Waals surface area contributed by atoms with Crippen molar-refractivity contribution in [3.05, 3.63) is 34.3 Å². The fourth-order valence-corrected chi connectivity index (χ4v) is 2.15. The Labute approximate surface area is 94.9 Å². The van der Waals surface area contributed by atoms with E-state index in [1.54, 1.807) is 11.3 Å². The SMILES string of the molecule is BrCc1cn(CCc2ccsc2)nn1. The Morgan fingerprint density at radius 1 is 1.50 bits per heavy atom. The molecular weight excluding hydrogens is 262 g/mol. The van der Waals surface area contributed by atoms with Crippen molar-refractivity contribution in [3.8, 4) is 0 Å². The van der Waals surface area contributed by atoms with Crippen molar-refractivity contribution in [1.82, 2.24) is 15.0 Å². The molecule has 74 valence electrons. The molecule has 2 rings (SSSR count). The number of thiophene rings is 1. The number of aromatic nitrogens is 3. The van der Waals surface area contributed by atoms with Crippen LogP contribution >= 0.6 is 27.3 Å². The van der Waals surface area contributed by atoms with Crippen molar-refractivity contribution in [1.29, 1.82) is 0 Å². The van der Waals surface area contributed by atoms with Crippen LogP contribution in [0.4, 0.5) is 0 Å². The van der Waals surface area contributed by atoms with Gasteiger partial charge < -0.3 is 0 Å². The van der Waals surface area contributed by atoms with Gasteiger partial charge in [-0.3, -0.25) is 4.68 Å². The Morgan fingerprint density at radius 2 is 2.43 bits per heavy atom. The van der Waals surface area contributed by atoms with Crippen molar-refractivity contribution >= 4 is 27.3 Å². The van der Waals surface area contributed by atoms with E-state index in [4.69, 9.17) is 0 Å². The van der Waals surface area contributed by atoms with E-state index < -0.39 is 0 Å². The minimum Gasteiger partial charge on any atom is -0.252 e. The molecule has 2 aromatic heterocycles. The van der Waals surface area contributed by atoms with Crippen molar-refractivity contribution in [2.75, 3.05) is 0 Å². The molecule has 0 saturated heterocycles. The molecule has 0 radical (unpaired) electrons. The fraction of sp³-hybridized carbons (Fsp3) is 0.333. The normalized spacial score (nSPS) is 10.6. The molecule has 2 aromatic rings. The first-order chi connectivity index (χ1) is 6.88. The van der Waals surface area contributed by atoms with Crippen molar-refractivity contribution in [3.63, 3.8) is 0 Å². The van der Waals surface area contributed by atoms with Gasteiger partial charge >= 0.3 is 0 Å². The van der Waals surface area contributed by atoms with Crippen molar-refractivity contribution < 1.29 is 0 Å². The number of rotatable bonds is 4. The smallest absolute Gasteiger partial charge is 0.0932 e. The number of hydrogen-bond acceptors (Lipinski definition) is 3. The van der Waals surface area contributed by atoms with Gasteiger partial charge in [-0.15, -0.1) is 5.10 Å². The molecule has 0 aliphatic carbocycles. The summed E-state index contributed by atoms with van der Waals surface area (Å²) >= 11 is 5.08. The summed E-state index contributed by atoms with van der Waals surface area (Å²) in [5, 5.41) is 13.1. The van der Waals surface area contributed by atoms with Gasteiger partial charge in [-0.05, 0) is 28.8 Å². The lowest BCUT2D eigenvalue weighted by atomic mass is 10.2. The van der Waals surface area contributed by atoms with Gasteiger partial charge in [-0.2, -0.15) is 11.3 Å². The van der Waals surface area contributed by atoms with Gasteiger partial charge in [0, 0.05) is 18.1 Å². The first-order valence-electron chi connectivity index (χ1n) is 4.34. The third-order valence-electron chi connectivity index (χ3n) is 1.93. The molecule has 0 fully saturated rings. The van der Waals surface area contributed by atoms with E-state index in [9.17, 15) is 0 Å². The number of alkyl halides is 1. The molecule has 3 nitrogen and oxygen atoms in total. The third-order valence-corrected chi connectivity index (χ3v) is 3.24. The van der Waals surface area contributed by atoms with Crippen LogP contribution in [0.15, 0.2) is 23.0 Å². The van der Waals surface area contributed by atoms with Crippen LogP contribution < -0.4 is 0 Å². The molecule has 0 aromatic carbocycles. The first kappa shape index (κ1) is 9.86. The lowest BCUT2D eigenvalue weighted by Crippen LogP contribution is -2.01. The zero-order chi connectivity index (χ0) is 9.80. The summed E-state index contributed by atoms with van der Waals surface area (Å²) in [6.45, 7) is 0.900. The van der Waals surface area contributed by atoms with E-state index in [0.29, 0.717) is 0 Å². The van der Waals surface area contributed by atoms with Crippen LogP contribution in [0.1, 0.15) is 11.3 Å². The van der Waals surface area contributed by atoms with Crippen LogP contribution in [0, 0.1) is 0 Å². The molecule has 0 N–H and O–H groups in total. The van der Waals surface area contributed by atoms with Crippen LogP contribution in [0.5, 0.6) is 0 Å². The Kier molecular flexibility index (Phi) is 3.31. The minimum atomic E-state index is 0.769. The molecular formula is C9H10BrN3S. The highest BCUT2D eigenvalue weighted by Crippen LogP contribution is 2.07. The summed E-state index contributed by atoms with van der Waals surface area (Å²) in [5.41, 5.74) is 2.35. The number of nitrogens with zero attached hydrogens (tertiary/aromatic N) is 3. The Morgan fingerprint density at radius 3 is 3.07 bits per heavy atom. The van der Waals surface area contributed by atoms with E-state index in [2.05, 4.69) is 43.1 Å². The van der Waals surface area contributed by atoms with Gasteiger partial charge in [0.25, 0.3) is 0 Å². The van der Waals surface area contributed by atoms with E-state index in [1.807, 2.05) is 10.9 Å². The lowest BCUT2D eigenvalue weighted by Gasteiger charge is -1.96. The topological polar surface area (TPSA) is 30.7 Å². The zero-order valence-corrected chi connectivity index (χ0v) is 9.96. The van der Waals surface area contributed by atoms with Gasteiger partial charge in [0.1, 0.15) is 0 Å². The van der Waals surface area contributed by atoms with Gasteiger partial charge in [-0.1, -0.05) is 21.1 Å². The maximum atomic E-state index is 4.03. The second-order valence-electron chi connectivity index (χ2n) is 2.99. The summed E-state index contributed by atoms with van der Waals surface area (Å²) in [4.78, 5) is 0. The summed E-state index contributed by atoms with van der Waals surface area (Å²) < 4.78 is 1.88. The maximum Gasteiger partial charge on any atom is 0.0932 e. The fourth-order valence-electron chi connectivity index (χ4n) is 1.19. The molecule has 5 heteroatoms. The van der Waals surface area contributed by atoms with E-state index in [1.165, 1.54) is 5.56 Å². The molecule has 0 atom stereocenters. The van der Waals surface area contributed by atoms with Gasteiger partial charge in [0.05, 0.1) is 5.69 Å². The first-order valence-corrected chi connectivity index (χ1v) is 6.41. The quantitative estimate of drug-likeness (QED) is 0.800. The van der Waals surface area contributed by atoms with Gasteiger partial charge in [-0.25, -0.2) is 0 Å². The average Bonchev–Trinajstić information content (AvgIpc) is 2.86. The molecule has 0 bridgehead atoms. The number of hydrogen-bond donors (Lipinski definition) is 0. The molecule has 0 aliphatic rings. The molecule has 0 spiro atoms. The van der Waals surface area contributed by atoms with Gasteiger partial charge in [0.15, 0.2) is 0 Å². The Bertz CT molecular complexity index is 382. The molecule has 14 heavy (non-hydrogen) atoms. The Hall–Kier alpha value is -0.680. The molecule has 0 amide bonds. The summed E-state index contributed by atoms with van der Waals surface area (Å²) in [6, 6.07) is 2.15. The number of aryl methyl sites for hydroxylation is 2. The molecule has 2 heterocycles. The lowest BCUT2D eigenvalue weighted by molar-refractivity contribution is 0.589. The summed E-state index contributed by atoms with van der Waals surface area (Å²) in [5.74, 6) is 0. The molecule has 0 unspecified atom stereocenters. The third kappa shape index (κ3) is 2.42. The highest BCUT2D eigenvalue weighted by atomic mass is 79.9. The van der Waals surface area contributed by atoms with E-state index in [-0.39, 0.29) is 0 Å². The second-order valence-corrected chi connectivity index (χ2v) is 4.33. The highest BCUT2D eigenvalue weighted by molar-refractivity contribution is 9.08. The van der Waals surface area contributed by atoms with Crippen LogP contribution in [0.2, 0.25) is 0 Å². The predicted octanol–water partition coefficient (Wildman–Crippen LogP) is 2.48. The second kappa shape index (κ2) is 4.70. The highest BCUT2D eigenvalue weighted by Gasteiger charge is 1.99. The monoisotopic (exact) mass is 271 g/mol. The summed E-state index contributed by atoms with van der Waals surface area (Å²) in [6.07, 6.45) is 3.00. The van der Waals surface area contributed by atoms with Crippen LogP contribution in [-0.4, -0.2) is 15.0 Å². The molecule has 0 aliphatic heterocycles. The van der Waals surface area contributed by atoms with Crippen LogP contribution in [-0.2, 0) is 18.3 Å². The van der Waals surface area contributed by atoms with Crippen molar-refractivity contribution in [2.24, 2.45) is 0 Å². The van der Waals surface area contributed by atoms with Gasteiger partial charge in [0.2, 0.25) is 0 Å². The van der Waals surface area contributed by atoms with Crippen LogP contribution in [0.3, 0.4) is 0 Å². The van der Waals surface area contributed by atoms with Crippen molar-refractivity contribution in [2.45, 2.75) is 18.3 Å².